The highest BCUT2D eigenvalue weighted by molar-refractivity contribution is 7.89. The maximum atomic E-state index is 12.7. The van der Waals surface area contributed by atoms with Gasteiger partial charge in [0.15, 0.2) is 0 Å². The minimum atomic E-state index is -3.66. The molecule has 2 rings (SSSR count). The Bertz CT molecular complexity index is 929. The van der Waals surface area contributed by atoms with Crippen LogP contribution in [-0.4, -0.2) is 43.3 Å². The standard InChI is InChI=1S/C21H29N3O4S/c1-5-6-13-28-21-18(10-8-12-22-21)15-23-20(25)17-9-7-11-19(14-17)29(26,27)24(4)16(2)3/h7-12,14,16H,5-6,13,15H2,1-4H3,(H,23,25). The first-order valence-electron chi connectivity index (χ1n) is 9.70. The SMILES string of the molecule is CCCCOc1ncccc1CNC(=O)c1cccc(S(=O)(=O)N(C)C(C)C)c1. The van der Waals surface area contributed by atoms with Crippen LogP contribution in [0.15, 0.2) is 47.5 Å². The van der Waals surface area contributed by atoms with Crippen molar-refractivity contribution in [3.05, 3.63) is 53.7 Å². The highest BCUT2D eigenvalue weighted by atomic mass is 32.2. The minimum absolute atomic E-state index is 0.0892. The topological polar surface area (TPSA) is 88.6 Å². The number of hydrogen-bond acceptors (Lipinski definition) is 5. The van der Waals surface area contributed by atoms with Crippen LogP contribution in [-0.2, 0) is 16.6 Å². The Balaban J connectivity index is 2.11. The van der Waals surface area contributed by atoms with E-state index in [2.05, 4.69) is 17.2 Å². The van der Waals surface area contributed by atoms with Crippen molar-refractivity contribution in [2.45, 2.75) is 51.1 Å². The Labute approximate surface area is 173 Å². The number of sulfonamides is 1. The molecule has 0 fully saturated rings. The lowest BCUT2D eigenvalue weighted by Crippen LogP contribution is -2.33. The summed E-state index contributed by atoms with van der Waals surface area (Å²) in [5.74, 6) is 0.133. The van der Waals surface area contributed by atoms with Gasteiger partial charge < -0.3 is 10.1 Å². The molecule has 0 unspecified atom stereocenters. The quantitative estimate of drug-likeness (QED) is 0.598. The van der Waals surface area contributed by atoms with Gasteiger partial charge in [-0.1, -0.05) is 25.5 Å². The molecule has 0 bridgehead atoms. The number of carbonyl (C=O) groups excluding carboxylic acids is 1. The number of ether oxygens (including phenoxy) is 1. The van der Waals surface area contributed by atoms with E-state index in [4.69, 9.17) is 4.74 Å². The van der Waals surface area contributed by atoms with Gasteiger partial charge in [-0.3, -0.25) is 4.79 Å². The van der Waals surface area contributed by atoms with E-state index in [9.17, 15) is 13.2 Å². The molecule has 29 heavy (non-hydrogen) atoms. The predicted octanol–water partition coefficient (Wildman–Crippen LogP) is 3.22. The summed E-state index contributed by atoms with van der Waals surface area (Å²) in [5, 5.41) is 2.81. The van der Waals surface area contributed by atoms with E-state index in [0.717, 1.165) is 18.4 Å². The Kier molecular flexibility index (Phi) is 8.16. The van der Waals surface area contributed by atoms with Crippen molar-refractivity contribution in [2.24, 2.45) is 0 Å². The lowest BCUT2D eigenvalue weighted by atomic mass is 10.2. The highest BCUT2D eigenvalue weighted by Gasteiger charge is 2.24. The molecule has 0 aliphatic rings. The fourth-order valence-electron chi connectivity index (χ4n) is 2.52. The van der Waals surface area contributed by atoms with Crippen molar-refractivity contribution in [3.63, 3.8) is 0 Å². The number of rotatable bonds is 10. The molecule has 1 heterocycles. The second-order valence-electron chi connectivity index (χ2n) is 7.00. The van der Waals surface area contributed by atoms with E-state index < -0.39 is 10.0 Å². The third-order valence-corrected chi connectivity index (χ3v) is 6.56. The van der Waals surface area contributed by atoms with Gasteiger partial charge in [-0.05, 0) is 44.5 Å². The fourth-order valence-corrected chi connectivity index (χ4v) is 3.94. The molecule has 1 aromatic heterocycles. The number of carbonyl (C=O) groups is 1. The molecule has 0 spiro atoms. The molecule has 0 saturated carbocycles. The second kappa shape index (κ2) is 10.4. The Morgan fingerprint density at radius 2 is 2.00 bits per heavy atom. The number of nitrogens with one attached hydrogen (secondary N) is 1. The first kappa shape index (κ1) is 22.8. The zero-order valence-corrected chi connectivity index (χ0v) is 18.2. The van der Waals surface area contributed by atoms with Gasteiger partial charge in [0.1, 0.15) is 0 Å². The van der Waals surface area contributed by atoms with Gasteiger partial charge in [0, 0.05) is 37.0 Å². The first-order chi connectivity index (χ1) is 13.8. The van der Waals surface area contributed by atoms with Gasteiger partial charge in [-0.25, -0.2) is 13.4 Å². The van der Waals surface area contributed by atoms with Crippen LogP contribution in [0, 0.1) is 0 Å². The maximum Gasteiger partial charge on any atom is 0.251 e. The Morgan fingerprint density at radius 3 is 2.69 bits per heavy atom. The van der Waals surface area contributed by atoms with Gasteiger partial charge in [-0.15, -0.1) is 0 Å². The smallest absolute Gasteiger partial charge is 0.251 e. The van der Waals surface area contributed by atoms with Crippen LogP contribution in [0.4, 0.5) is 0 Å². The number of amides is 1. The molecule has 8 heteroatoms. The summed E-state index contributed by atoms with van der Waals surface area (Å²) in [5.41, 5.74) is 1.04. The molecule has 1 N–H and O–H groups in total. The van der Waals surface area contributed by atoms with Crippen LogP contribution in [0.25, 0.3) is 0 Å². The summed E-state index contributed by atoms with van der Waals surface area (Å²) in [4.78, 5) is 16.9. The van der Waals surface area contributed by atoms with Crippen molar-refractivity contribution in [1.82, 2.24) is 14.6 Å². The normalized spacial score (nSPS) is 11.7. The predicted molar refractivity (Wildman–Crippen MR) is 112 cm³/mol. The van der Waals surface area contributed by atoms with Crippen LogP contribution in [0.5, 0.6) is 5.88 Å². The van der Waals surface area contributed by atoms with Crippen molar-refractivity contribution < 1.29 is 17.9 Å². The van der Waals surface area contributed by atoms with E-state index in [1.807, 2.05) is 6.07 Å². The van der Waals surface area contributed by atoms with E-state index in [0.29, 0.717) is 12.5 Å². The lowest BCUT2D eigenvalue weighted by Gasteiger charge is -2.21. The number of benzene rings is 1. The van der Waals surface area contributed by atoms with Crippen LogP contribution in [0.2, 0.25) is 0 Å². The van der Waals surface area contributed by atoms with E-state index in [1.165, 1.54) is 23.5 Å². The third kappa shape index (κ3) is 6.01. The summed E-state index contributed by atoms with van der Waals surface area (Å²) in [6.07, 6.45) is 3.59. The zero-order chi connectivity index (χ0) is 21.4. The first-order valence-corrected chi connectivity index (χ1v) is 11.1. The molecule has 0 saturated heterocycles. The Morgan fingerprint density at radius 1 is 1.24 bits per heavy atom. The van der Waals surface area contributed by atoms with Crippen molar-refractivity contribution >= 4 is 15.9 Å². The molecule has 1 aromatic carbocycles. The Hall–Kier alpha value is -2.45. The van der Waals surface area contributed by atoms with Crippen LogP contribution >= 0.6 is 0 Å². The second-order valence-corrected chi connectivity index (χ2v) is 8.99. The molecule has 0 aliphatic heterocycles. The molecule has 2 aromatic rings. The zero-order valence-electron chi connectivity index (χ0n) is 17.4. The van der Waals surface area contributed by atoms with Gasteiger partial charge in [0.2, 0.25) is 15.9 Å². The molecular formula is C21H29N3O4S. The summed E-state index contributed by atoms with van der Waals surface area (Å²) >= 11 is 0. The largest absolute Gasteiger partial charge is 0.477 e. The van der Waals surface area contributed by atoms with Crippen molar-refractivity contribution in [3.8, 4) is 5.88 Å². The average Bonchev–Trinajstić information content (AvgIpc) is 2.72. The van der Waals surface area contributed by atoms with Crippen LogP contribution in [0.3, 0.4) is 0 Å². The molecule has 0 radical (unpaired) electrons. The molecule has 7 nitrogen and oxygen atoms in total. The van der Waals surface area contributed by atoms with Crippen LogP contribution < -0.4 is 10.1 Å². The number of pyridine rings is 1. The van der Waals surface area contributed by atoms with E-state index in [-0.39, 0.29) is 29.0 Å². The van der Waals surface area contributed by atoms with Crippen LogP contribution in [0.1, 0.15) is 49.5 Å². The molecule has 1 amide bonds. The monoisotopic (exact) mass is 419 g/mol. The summed E-state index contributed by atoms with van der Waals surface area (Å²) < 4.78 is 32.3. The van der Waals surface area contributed by atoms with Gasteiger partial charge >= 0.3 is 0 Å². The summed E-state index contributed by atoms with van der Waals surface area (Å²) in [7, 11) is -2.13. The van der Waals surface area contributed by atoms with Gasteiger partial charge in [-0.2, -0.15) is 4.31 Å². The lowest BCUT2D eigenvalue weighted by molar-refractivity contribution is 0.0950. The van der Waals surface area contributed by atoms with Gasteiger partial charge in [0.25, 0.3) is 5.91 Å². The number of aromatic nitrogens is 1. The van der Waals surface area contributed by atoms with Crippen molar-refractivity contribution in [2.75, 3.05) is 13.7 Å². The summed E-state index contributed by atoms with van der Waals surface area (Å²) in [6.45, 7) is 6.47. The number of unbranched alkanes of at least 4 members (excludes halogenated alkanes) is 1. The fraction of sp³-hybridized carbons (Fsp3) is 0.429. The average molecular weight is 420 g/mol. The highest BCUT2D eigenvalue weighted by Crippen LogP contribution is 2.19. The molecule has 0 aliphatic carbocycles. The third-order valence-electron chi connectivity index (χ3n) is 4.53. The van der Waals surface area contributed by atoms with E-state index in [1.54, 1.807) is 38.2 Å². The molecule has 158 valence electrons. The maximum absolute atomic E-state index is 12.7. The number of nitrogens with zero attached hydrogens (tertiary/aromatic N) is 2. The van der Waals surface area contributed by atoms with Crippen molar-refractivity contribution in [1.29, 1.82) is 0 Å². The minimum Gasteiger partial charge on any atom is -0.477 e. The molecule has 0 atom stereocenters. The molecular weight excluding hydrogens is 390 g/mol. The number of hydrogen-bond donors (Lipinski definition) is 1. The summed E-state index contributed by atoms with van der Waals surface area (Å²) in [6, 6.07) is 9.48. The van der Waals surface area contributed by atoms with Gasteiger partial charge in [0.05, 0.1) is 11.5 Å². The van der Waals surface area contributed by atoms with E-state index >= 15 is 0 Å².